The van der Waals surface area contributed by atoms with Crippen LogP contribution in [0.4, 0.5) is 0 Å². The van der Waals surface area contributed by atoms with E-state index in [1.54, 1.807) is 25.3 Å². The molecule has 3 unspecified atom stereocenters. The topological polar surface area (TPSA) is 56.5 Å². The summed E-state index contributed by atoms with van der Waals surface area (Å²) in [5.41, 5.74) is 1.17. The first-order chi connectivity index (χ1) is 10.0. The predicted molar refractivity (Wildman–Crippen MR) is 82.1 cm³/mol. The number of benzene rings is 1. The lowest BCUT2D eigenvalue weighted by Crippen LogP contribution is -2.32. The van der Waals surface area contributed by atoms with Crippen LogP contribution in [-0.2, 0) is 4.74 Å². The van der Waals surface area contributed by atoms with Crippen molar-refractivity contribution in [2.24, 2.45) is 5.92 Å². The Hall–Kier alpha value is -1.12. The van der Waals surface area contributed by atoms with Gasteiger partial charge in [-0.05, 0) is 43.0 Å². The van der Waals surface area contributed by atoms with Gasteiger partial charge in [0.25, 0.3) is 0 Å². The predicted octanol–water partition coefficient (Wildman–Crippen LogP) is 2.60. The van der Waals surface area contributed by atoms with Crippen LogP contribution in [0.5, 0.6) is 0 Å². The highest BCUT2D eigenvalue weighted by atomic mass is 35.5. The molecule has 1 fully saturated rings. The lowest BCUT2D eigenvalue weighted by molar-refractivity contribution is 0.103. The van der Waals surface area contributed by atoms with Gasteiger partial charge in [-0.3, -0.25) is 4.90 Å². The van der Waals surface area contributed by atoms with E-state index in [-0.39, 0.29) is 0 Å². The molecule has 5 heteroatoms. The maximum Gasteiger partial charge on any atom is 0.0992 e. The minimum Gasteiger partial charge on any atom is -0.387 e. The molecule has 21 heavy (non-hydrogen) atoms. The summed E-state index contributed by atoms with van der Waals surface area (Å²) in [5, 5.41) is 19.9. The van der Waals surface area contributed by atoms with E-state index in [2.05, 4.69) is 17.9 Å². The number of β-amino-alcohol motifs (C(OH)–C–C–N with tert-alkyl or cyclic N) is 1. The number of methoxy groups -OCH3 is 1. The summed E-state index contributed by atoms with van der Waals surface area (Å²) in [7, 11) is 1.72. The Morgan fingerprint density at radius 3 is 2.95 bits per heavy atom. The molecule has 1 aromatic rings. The first kappa shape index (κ1) is 16.3. The molecule has 4 nitrogen and oxygen atoms in total. The van der Waals surface area contributed by atoms with Gasteiger partial charge in [-0.1, -0.05) is 11.6 Å². The Bertz CT molecular complexity index is 529. The van der Waals surface area contributed by atoms with E-state index in [9.17, 15) is 5.11 Å². The van der Waals surface area contributed by atoms with Crippen molar-refractivity contribution in [2.45, 2.75) is 25.5 Å². The molecule has 1 aliphatic heterocycles. The van der Waals surface area contributed by atoms with Crippen LogP contribution in [-0.4, -0.2) is 42.9 Å². The second-order valence-electron chi connectivity index (χ2n) is 5.76. The number of aliphatic hydroxyl groups excluding tert-OH is 1. The van der Waals surface area contributed by atoms with Gasteiger partial charge in [-0.2, -0.15) is 5.26 Å². The van der Waals surface area contributed by atoms with Crippen LogP contribution in [0.1, 0.15) is 30.6 Å². The molecule has 0 bridgehead atoms. The molecular formula is C16H21ClN2O2. The van der Waals surface area contributed by atoms with Gasteiger partial charge in [-0.25, -0.2) is 0 Å². The van der Waals surface area contributed by atoms with E-state index >= 15 is 0 Å². The smallest absolute Gasteiger partial charge is 0.0992 e. The molecule has 0 amide bonds. The van der Waals surface area contributed by atoms with Gasteiger partial charge in [-0.15, -0.1) is 0 Å². The summed E-state index contributed by atoms with van der Waals surface area (Å²) in [6.45, 7) is 4.40. The molecule has 0 aliphatic carbocycles. The SMILES string of the molecule is COCC1CC(C)N(CC(O)c2cc(Cl)cc(C#N)c2)C1. The van der Waals surface area contributed by atoms with Crippen LogP contribution in [0.25, 0.3) is 0 Å². The highest BCUT2D eigenvalue weighted by molar-refractivity contribution is 6.30. The summed E-state index contributed by atoms with van der Waals surface area (Å²) in [4.78, 5) is 2.27. The quantitative estimate of drug-likeness (QED) is 0.908. The molecule has 1 heterocycles. The van der Waals surface area contributed by atoms with Crippen molar-refractivity contribution in [1.82, 2.24) is 4.90 Å². The Labute approximate surface area is 130 Å². The lowest BCUT2D eigenvalue weighted by atomic mass is 10.1. The van der Waals surface area contributed by atoms with Crippen molar-refractivity contribution in [1.29, 1.82) is 5.26 Å². The van der Waals surface area contributed by atoms with E-state index < -0.39 is 6.10 Å². The summed E-state index contributed by atoms with van der Waals surface area (Å²) in [6, 6.07) is 7.51. The highest BCUT2D eigenvalue weighted by Crippen LogP contribution is 2.27. The number of ether oxygens (including phenoxy) is 1. The summed E-state index contributed by atoms with van der Waals surface area (Å²) in [5.74, 6) is 0.520. The van der Waals surface area contributed by atoms with Crippen LogP contribution in [0, 0.1) is 17.2 Å². The van der Waals surface area contributed by atoms with Crippen LogP contribution in [0.15, 0.2) is 18.2 Å². The fraction of sp³-hybridized carbons (Fsp3) is 0.562. The fourth-order valence-electron chi connectivity index (χ4n) is 3.03. The van der Waals surface area contributed by atoms with Crippen molar-refractivity contribution >= 4 is 11.6 Å². The first-order valence-electron chi connectivity index (χ1n) is 7.15. The molecule has 1 N–H and O–H groups in total. The minimum absolute atomic E-state index is 0.425. The van der Waals surface area contributed by atoms with Crippen molar-refractivity contribution < 1.29 is 9.84 Å². The molecule has 1 aromatic carbocycles. The normalized spacial score (nSPS) is 24.0. The molecule has 1 aliphatic rings. The second kappa shape index (κ2) is 7.24. The Balaban J connectivity index is 2.03. The molecule has 0 radical (unpaired) electrons. The summed E-state index contributed by atoms with van der Waals surface area (Å²) < 4.78 is 5.22. The van der Waals surface area contributed by atoms with Gasteiger partial charge in [0.15, 0.2) is 0 Å². The average molecular weight is 309 g/mol. The van der Waals surface area contributed by atoms with E-state index in [0.29, 0.717) is 34.7 Å². The highest BCUT2D eigenvalue weighted by Gasteiger charge is 2.30. The number of halogens is 1. The number of nitriles is 1. The molecule has 0 aromatic heterocycles. The number of hydrogen-bond donors (Lipinski definition) is 1. The standard InChI is InChI=1S/C16H21ClN2O2/c1-11-3-13(10-21-2)8-19(11)9-16(20)14-4-12(7-18)5-15(17)6-14/h4-6,11,13,16,20H,3,8-10H2,1-2H3. The third kappa shape index (κ3) is 4.18. The average Bonchev–Trinajstić information content (AvgIpc) is 2.78. The third-order valence-electron chi connectivity index (χ3n) is 4.03. The third-order valence-corrected chi connectivity index (χ3v) is 4.25. The lowest BCUT2D eigenvalue weighted by Gasteiger charge is -2.24. The number of rotatable bonds is 5. The molecule has 2 rings (SSSR count). The fourth-order valence-corrected chi connectivity index (χ4v) is 3.27. The van der Waals surface area contributed by atoms with Gasteiger partial charge in [0.05, 0.1) is 24.3 Å². The number of nitrogens with zero attached hydrogens (tertiary/aromatic N) is 2. The van der Waals surface area contributed by atoms with Crippen LogP contribution >= 0.6 is 11.6 Å². The maximum atomic E-state index is 10.4. The molecule has 1 saturated heterocycles. The number of likely N-dealkylation sites (tertiary alicyclic amines) is 1. The zero-order valence-corrected chi connectivity index (χ0v) is 13.2. The Morgan fingerprint density at radius 1 is 1.52 bits per heavy atom. The van der Waals surface area contributed by atoms with Crippen LogP contribution < -0.4 is 0 Å². The van der Waals surface area contributed by atoms with E-state index in [0.717, 1.165) is 19.6 Å². The summed E-state index contributed by atoms with van der Waals surface area (Å²) >= 11 is 5.99. The van der Waals surface area contributed by atoms with Crippen molar-refractivity contribution in [3.8, 4) is 6.07 Å². The van der Waals surface area contributed by atoms with E-state index in [1.807, 2.05) is 0 Å². The molecule has 114 valence electrons. The largest absolute Gasteiger partial charge is 0.387 e. The number of hydrogen-bond acceptors (Lipinski definition) is 4. The van der Waals surface area contributed by atoms with Crippen LogP contribution in [0.3, 0.4) is 0 Å². The molecule has 0 spiro atoms. The van der Waals surface area contributed by atoms with Crippen molar-refractivity contribution in [3.05, 3.63) is 34.3 Å². The zero-order chi connectivity index (χ0) is 15.4. The Kier molecular flexibility index (Phi) is 5.60. The molecule has 0 saturated carbocycles. The van der Waals surface area contributed by atoms with Gasteiger partial charge in [0.2, 0.25) is 0 Å². The van der Waals surface area contributed by atoms with Gasteiger partial charge in [0.1, 0.15) is 0 Å². The van der Waals surface area contributed by atoms with Gasteiger partial charge >= 0.3 is 0 Å². The summed E-state index contributed by atoms with van der Waals surface area (Å²) in [6.07, 6.45) is 0.444. The van der Waals surface area contributed by atoms with Crippen molar-refractivity contribution in [3.63, 3.8) is 0 Å². The van der Waals surface area contributed by atoms with Gasteiger partial charge < -0.3 is 9.84 Å². The zero-order valence-electron chi connectivity index (χ0n) is 12.4. The maximum absolute atomic E-state index is 10.4. The molecular weight excluding hydrogens is 288 g/mol. The van der Waals surface area contributed by atoms with E-state index in [4.69, 9.17) is 21.6 Å². The Morgan fingerprint density at radius 2 is 2.29 bits per heavy atom. The minimum atomic E-state index is -0.639. The van der Waals surface area contributed by atoms with E-state index in [1.165, 1.54) is 0 Å². The van der Waals surface area contributed by atoms with Crippen LogP contribution in [0.2, 0.25) is 5.02 Å². The van der Waals surface area contributed by atoms with Crippen molar-refractivity contribution in [2.75, 3.05) is 26.8 Å². The number of aliphatic hydroxyl groups is 1. The molecule has 3 atom stereocenters. The van der Waals surface area contributed by atoms with Gasteiger partial charge in [0, 0.05) is 31.3 Å². The second-order valence-corrected chi connectivity index (χ2v) is 6.20. The monoisotopic (exact) mass is 308 g/mol. The first-order valence-corrected chi connectivity index (χ1v) is 7.53.